The summed E-state index contributed by atoms with van der Waals surface area (Å²) in [6, 6.07) is 0.328. The van der Waals surface area contributed by atoms with E-state index in [1.54, 1.807) is 0 Å². The Kier molecular flexibility index (Phi) is 5.17. The summed E-state index contributed by atoms with van der Waals surface area (Å²) in [7, 11) is 1.50. The lowest BCUT2D eigenvalue weighted by Gasteiger charge is -2.31. The number of amides is 2. The summed E-state index contributed by atoms with van der Waals surface area (Å²) in [6.07, 6.45) is 2.49. The molecule has 0 aliphatic heterocycles. The van der Waals surface area contributed by atoms with Crippen molar-refractivity contribution in [2.24, 2.45) is 0 Å². The Bertz CT molecular complexity index is 340. The maximum atomic E-state index is 11.9. The first-order valence-electron chi connectivity index (χ1n) is 6.79. The van der Waals surface area contributed by atoms with Crippen LogP contribution < -0.4 is 5.32 Å². The van der Waals surface area contributed by atoms with E-state index in [1.165, 1.54) is 38.6 Å². The van der Waals surface area contributed by atoms with Gasteiger partial charge >= 0.3 is 12.0 Å². The molecular formula is C13H25N3O3. The zero-order valence-corrected chi connectivity index (χ0v) is 12.3. The van der Waals surface area contributed by atoms with Crippen LogP contribution in [-0.4, -0.2) is 65.2 Å². The molecule has 0 saturated heterocycles. The third-order valence-corrected chi connectivity index (χ3v) is 3.81. The smallest absolute Gasteiger partial charge is 0.329 e. The number of rotatable bonds is 7. The Balaban J connectivity index is 2.36. The molecule has 0 spiro atoms. The second-order valence-corrected chi connectivity index (χ2v) is 5.51. The van der Waals surface area contributed by atoms with E-state index in [2.05, 4.69) is 17.1 Å². The summed E-state index contributed by atoms with van der Waals surface area (Å²) in [5, 5.41) is 11.8. The van der Waals surface area contributed by atoms with Gasteiger partial charge in [0.15, 0.2) is 0 Å². The summed E-state index contributed by atoms with van der Waals surface area (Å²) < 4.78 is 0. The van der Waals surface area contributed by atoms with Gasteiger partial charge < -0.3 is 15.3 Å². The molecule has 6 nitrogen and oxygen atoms in total. The van der Waals surface area contributed by atoms with Gasteiger partial charge in [0.25, 0.3) is 0 Å². The molecular weight excluding hydrogens is 246 g/mol. The van der Waals surface area contributed by atoms with Crippen molar-refractivity contribution in [1.82, 2.24) is 15.1 Å². The normalized spacial score (nSPS) is 15.4. The lowest BCUT2D eigenvalue weighted by Crippen LogP contribution is -2.54. The van der Waals surface area contributed by atoms with E-state index in [0.717, 1.165) is 13.1 Å². The standard InChI is InChI=1S/C13H25N3O3/c1-5-16(10-6-7-10)9-8-14-12(19)15(4)13(2,3)11(17)18/h10H,5-9H2,1-4H3,(H,14,19)(H,17,18). The van der Waals surface area contributed by atoms with Crippen molar-refractivity contribution in [3.63, 3.8) is 0 Å². The van der Waals surface area contributed by atoms with E-state index in [4.69, 9.17) is 5.11 Å². The van der Waals surface area contributed by atoms with Crippen molar-refractivity contribution in [2.75, 3.05) is 26.7 Å². The minimum Gasteiger partial charge on any atom is -0.480 e. The number of urea groups is 1. The average Bonchev–Trinajstić information content (AvgIpc) is 3.17. The number of carboxylic acids is 1. The molecule has 2 N–H and O–H groups in total. The third kappa shape index (κ3) is 4.09. The molecule has 1 saturated carbocycles. The van der Waals surface area contributed by atoms with Crippen molar-refractivity contribution in [1.29, 1.82) is 0 Å². The molecule has 1 aliphatic carbocycles. The van der Waals surface area contributed by atoms with E-state index in [1.807, 2.05) is 0 Å². The van der Waals surface area contributed by atoms with E-state index in [9.17, 15) is 9.59 Å². The van der Waals surface area contributed by atoms with Crippen molar-refractivity contribution < 1.29 is 14.7 Å². The fraction of sp³-hybridized carbons (Fsp3) is 0.846. The van der Waals surface area contributed by atoms with Crippen LogP contribution in [0.2, 0.25) is 0 Å². The van der Waals surface area contributed by atoms with Gasteiger partial charge in [-0.1, -0.05) is 6.92 Å². The highest BCUT2D eigenvalue weighted by Gasteiger charge is 2.35. The Morgan fingerprint density at radius 1 is 1.37 bits per heavy atom. The summed E-state index contributed by atoms with van der Waals surface area (Å²) in [4.78, 5) is 26.5. The molecule has 2 amide bonds. The molecule has 0 atom stereocenters. The van der Waals surface area contributed by atoms with Crippen LogP contribution in [0.1, 0.15) is 33.6 Å². The van der Waals surface area contributed by atoms with Crippen LogP contribution in [0.3, 0.4) is 0 Å². The second-order valence-electron chi connectivity index (χ2n) is 5.51. The van der Waals surface area contributed by atoms with Crippen LogP contribution in [0.25, 0.3) is 0 Å². The molecule has 1 fully saturated rings. The predicted molar refractivity (Wildman–Crippen MR) is 73.1 cm³/mol. The Morgan fingerprint density at radius 3 is 2.37 bits per heavy atom. The number of nitrogens with one attached hydrogen (secondary N) is 1. The summed E-state index contributed by atoms with van der Waals surface area (Å²) in [5.74, 6) is -1.02. The molecule has 0 heterocycles. The van der Waals surface area contributed by atoms with Crippen LogP contribution in [0.4, 0.5) is 4.79 Å². The number of aliphatic carboxylic acids is 1. The van der Waals surface area contributed by atoms with Crippen LogP contribution in [-0.2, 0) is 4.79 Å². The predicted octanol–water partition coefficient (Wildman–Crippen LogP) is 0.975. The fourth-order valence-electron chi connectivity index (χ4n) is 1.86. The van der Waals surface area contributed by atoms with Gasteiger partial charge in [-0.2, -0.15) is 0 Å². The molecule has 0 aromatic rings. The summed E-state index contributed by atoms with van der Waals surface area (Å²) in [5.41, 5.74) is -1.20. The number of likely N-dealkylation sites (N-methyl/N-ethyl adjacent to an activating group) is 2. The lowest BCUT2D eigenvalue weighted by molar-refractivity contribution is -0.146. The number of nitrogens with zero attached hydrogens (tertiary/aromatic N) is 2. The highest BCUT2D eigenvalue weighted by molar-refractivity contribution is 5.85. The third-order valence-electron chi connectivity index (χ3n) is 3.81. The monoisotopic (exact) mass is 271 g/mol. The molecule has 110 valence electrons. The molecule has 0 bridgehead atoms. The van der Waals surface area contributed by atoms with Gasteiger partial charge in [0.05, 0.1) is 0 Å². The number of hydrogen-bond donors (Lipinski definition) is 2. The van der Waals surface area contributed by atoms with Crippen LogP contribution in [0.15, 0.2) is 0 Å². The van der Waals surface area contributed by atoms with Gasteiger partial charge in [-0.05, 0) is 33.2 Å². The number of carbonyl (C=O) groups excluding carboxylic acids is 1. The van der Waals surface area contributed by atoms with E-state index in [-0.39, 0.29) is 6.03 Å². The fourth-order valence-corrected chi connectivity index (χ4v) is 1.86. The zero-order chi connectivity index (χ0) is 14.6. The highest BCUT2D eigenvalue weighted by Crippen LogP contribution is 2.25. The van der Waals surface area contributed by atoms with Crippen LogP contribution in [0, 0.1) is 0 Å². The van der Waals surface area contributed by atoms with Crippen LogP contribution in [0.5, 0.6) is 0 Å². The van der Waals surface area contributed by atoms with E-state index in [0.29, 0.717) is 12.6 Å². The maximum Gasteiger partial charge on any atom is 0.329 e. The first-order chi connectivity index (χ1) is 8.80. The minimum atomic E-state index is -1.20. The molecule has 0 radical (unpaired) electrons. The average molecular weight is 271 g/mol. The molecule has 19 heavy (non-hydrogen) atoms. The van der Waals surface area contributed by atoms with Crippen LogP contribution >= 0.6 is 0 Å². The van der Waals surface area contributed by atoms with Gasteiger partial charge in [-0.15, -0.1) is 0 Å². The number of hydrogen-bond acceptors (Lipinski definition) is 3. The van der Waals surface area contributed by atoms with Crippen molar-refractivity contribution in [3.8, 4) is 0 Å². The quantitative estimate of drug-likeness (QED) is 0.724. The SMILES string of the molecule is CCN(CCNC(=O)N(C)C(C)(C)C(=O)O)C1CC1. The van der Waals surface area contributed by atoms with Crippen molar-refractivity contribution in [3.05, 3.63) is 0 Å². The van der Waals surface area contributed by atoms with Gasteiger partial charge in [0.1, 0.15) is 5.54 Å². The maximum absolute atomic E-state index is 11.9. The molecule has 1 rings (SSSR count). The van der Waals surface area contributed by atoms with E-state index >= 15 is 0 Å². The minimum absolute atomic E-state index is 0.348. The first-order valence-corrected chi connectivity index (χ1v) is 6.79. The van der Waals surface area contributed by atoms with Gasteiger partial charge in [0, 0.05) is 26.2 Å². The Morgan fingerprint density at radius 2 is 1.95 bits per heavy atom. The second kappa shape index (κ2) is 6.23. The number of carboxylic acid groups (broad SMARTS) is 1. The lowest BCUT2D eigenvalue weighted by atomic mass is 10.1. The number of carbonyl (C=O) groups is 2. The molecule has 6 heteroatoms. The Labute approximate surface area is 114 Å². The molecule has 0 aromatic heterocycles. The topological polar surface area (TPSA) is 72.9 Å². The highest BCUT2D eigenvalue weighted by atomic mass is 16.4. The molecule has 0 unspecified atom stereocenters. The van der Waals surface area contributed by atoms with Crippen molar-refractivity contribution in [2.45, 2.75) is 45.2 Å². The van der Waals surface area contributed by atoms with Gasteiger partial charge in [-0.3, -0.25) is 4.90 Å². The van der Waals surface area contributed by atoms with Gasteiger partial charge in [-0.25, -0.2) is 9.59 Å². The van der Waals surface area contributed by atoms with Gasteiger partial charge in [0.2, 0.25) is 0 Å². The largest absolute Gasteiger partial charge is 0.480 e. The molecule has 1 aliphatic rings. The first kappa shape index (κ1) is 15.8. The summed E-state index contributed by atoms with van der Waals surface area (Å²) >= 11 is 0. The molecule has 0 aromatic carbocycles. The van der Waals surface area contributed by atoms with Crippen molar-refractivity contribution >= 4 is 12.0 Å². The summed E-state index contributed by atoms with van der Waals surface area (Å²) in [6.45, 7) is 7.48. The zero-order valence-electron chi connectivity index (χ0n) is 12.3. The Hall–Kier alpha value is -1.30. The van der Waals surface area contributed by atoms with E-state index < -0.39 is 11.5 Å².